The van der Waals surface area contributed by atoms with Gasteiger partial charge in [-0.3, -0.25) is 4.79 Å². The number of alkyl halides is 3. The molecular formula is C13H17F3N2O3S2. The smallest absolute Gasteiger partial charge is 0.346 e. The molecule has 1 fully saturated rings. The molecule has 0 spiro atoms. The number of hydrogen-bond acceptors (Lipinski definition) is 4. The molecule has 1 N–H and O–H groups in total. The van der Waals surface area contributed by atoms with Gasteiger partial charge in [-0.25, -0.2) is 8.42 Å². The van der Waals surface area contributed by atoms with Gasteiger partial charge in [0.05, 0.1) is 4.90 Å². The predicted molar refractivity (Wildman–Crippen MR) is 79.8 cm³/mol. The van der Waals surface area contributed by atoms with E-state index in [2.05, 4.69) is 0 Å². The summed E-state index contributed by atoms with van der Waals surface area (Å²) in [6, 6.07) is 0.431. The Balaban J connectivity index is 2.21. The van der Waals surface area contributed by atoms with Gasteiger partial charge in [0.2, 0.25) is 15.9 Å². The fourth-order valence-electron chi connectivity index (χ4n) is 2.58. The second kappa shape index (κ2) is 6.40. The molecule has 130 valence electrons. The molecule has 1 aromatic rings. The van der Waals surface area contributed by atoms with Crippen molar-refractivity contribution in [2.45, 2.75) is 43.8 Å². The minimum atomic E-state index is -4.53. The minimum Gasteiger partial charge on any atom is -0.346 e. The van der Waals surface area contributed by atoms with Crippen LogP contribution in [0, 0.1) is 13.8 Å². The van der Waals surface area contributed by atoms with Gasteiger partial charge in [0, 0.05) is 16.3 Å². The highest BCUT2D eigenvalue weighted by Crippen LogP contribution is 2.32. The standard InChI is InChI=1S/C13H17F3N2O3S2/c1-8-6-11(9(2)22-8)23(20,21)18-5-3-4-10(18)12(19)17-7-13(14,15)16/h6,10H,3-5,7H2,1-2H3,(H,17,19). The first kappa shape index (κ1) is 18.2. The molecule has 2 heterocycles. The van der Waals surface area contributed by atoms with Crippen molar-refractivity contribution in [2.75, 3.05) is 13.1 Å². The number of aryl methyl sites for hydroxylation is 2. The molecule has 23 heavy (non-hydrogen) atoms. The first-order valence-electron chi connectivity index (χ1n) is 6.96. The molecule has 0 aromatic carbocycles. The van der Waals surface area contributed by atoms with E-state index in [1.165, 1.54) is 17.4 Å². The first-order chi connectivity index (χ1) is 10.5. The summed E-state index contributed by atoms with van der Waals surface area (Å²) < 4.78 is 63.1. The first-order valence-corrected chi connectivity index (χ1v) is 9.21. The van der Waals surface area contributed by atoms with Crippen molar-refractivity contribution in [2.24, 2.45) is 0 Å². The summed E-state index contributed by atoms with van der Waals surface area (Å²) in [5.41, 5.74) is 0. The number of thiophene rings is 1. The van der Waals surface area contributed by atoms with E-state index in [-0.39, 0.29) is 17.9 Å². The van der Waals surface area contributed by atoms with Gasteiger partial charge in [-0.15, -0.1) is 11.3 Å². The molecule has 5 nitrogen and oxygen atoms in total. The molecule has 0 bridgehead atoms. The number of nitrogens with one attached hydrogen (secondary N) is 1. The highest BCUT2D eigenvalue weighted by atomic mass is 32.2. The van der Waals surface area contributed by atoms with Gasteiger partial charge in [-0.2, -0.15) is 17.5 Å². The van der Waals surface area contributed by atoms with Crippen molar-refractivity contribution in [1.29, 1.82) is 0 Å². The fraction of sp³-hybridized carbons (Fsp3) is 0.615. The Hall–Kier alpha value is -1.13. The van der Waals surface area contributed by atoms with E-state index in [1.807, 2.05) is 0 Å². The maximum absolute atomic E-state index is 12.7. The van der Waals surface area contributed by atoms with Gasteiger partial charge in [0.25, 0.3) is 0 Å². The average Bonchev–Trinajstić information content (AvgIpc) is 3.02. The van der Waals surface area contributed by atoms with E-state index >= 15 is 0 Å². The zero-order valence-corrected chi connectivity index (χ0v) is 14.2. The zero-order chi connectivity index (χ0) is 17.4. The largest absolute Gasteiger partial charge is 0.405 e. The molecule has 1 amide bonds. The maximum atomic E-state index is 12.7. The van der Waals surface area contributed by atoms with Gasteiger partial charge >= 0.3 is 6.18 Å². The van der Waals surface area contributed by atoms with Gasteiger partial charge in [-0.05, 0) is 32.8 Å². The van der Waals surface area contributed by atoms with Crippen LogP contribution >= 0.6 is 11.3 Å². The van der Waals surface area contributed by atoms with Crippen LogP contribution in [0.3, 0.4) is 0 Å². The monoisotopic (exact) mass is 370 g/mol. The summed E-state index contributed by atoms with van der Waals surface area (Å²) in [4.78, 5) is 13.5. The molecule has 1 atom stereocenters. The van der Waals surface area contributed by atoms with E-state index in [0.717, 1.165) is 9.18 Å². The quantitative estimate of drug-likeness (QED) is 0.884. The molecule has 1 unspecified atom stereocenters. The average molecular weight is 370 g/mol. The molecule has 0 radical (unpaired) electrons. The van der Waals surface area contributed by atoms with Crippen LogP contribution in [-0.2, 0) is 14.8 Å². The van der Waals surface area contributed by atoms with Crippen LogP contribution in [0.1, 0.15) is 22.6 Å². The maximum Gasteiger partial charge on any atom is 0.405 e. The second-order valence-electron chi connectivity index (χ2n) is 5.38. The highest BCUT2D eigenvalue weighted by Gasteiger charge is 2.41. The van der Waals surface area contributed by atoms with Crippen LogP contribution < -0.4 is 5.32 Å². The molecule has 1 aliphatic heterocycles. The number of hydrogen-bond donors (Lipinski definition) is 1. The van der Waals surface area contributed by atoms with Crippen LogP contribution in [0.2, 0.25) is 0 Å². The van der Waals surface area contributed by atoms with E-state index in [1.54, 1.807) is 19.2 Å². The van der Waals surface area contributed by atoms with Gasteiger partial charge in [0.1, 0.15) is 12.6 Å². The van der Waals surface area contributed by atoms with Crippen molar-refractivity contribution in [3.8, 4) is 0 Å². The third kappa shape index (κ3) is 4.04. The molecule has 0 aliphatic carbocycles. The Labute approximate surface area is 136 Å². The molecule has 10 heteroatoms. The Morgan fingerprint density at radius 2 is 2.09 bits per heavy atom. The van der Waals surface area contributed by atoms with Crippen molar-refractivity contribution in [3.05, 3.63) is 15.8 Å². The molecule has 0 saturated carbocycles. The number of sulfonamides is 1. The van der Waals surface area contributed by atoms with E-state index in [4.69, 9.17) is 0 Å². The third-order valence-corrected chi connectivity index (χ3v) is 6.68. The lowest BCUT2D eigenvalue weighted by Crippen LogP contribution is -2.47. The van der Waals surface area contributed by atoms with Crippen molar-refractivity contribution in [1.82, 2.24) is 9.62 Å². The number of rotatable bonds is 4. The summed E-state index contributed by atoms with van der Waals surface area (Å²) in [5, 5.41) is 1.77. The van der Waals surface area contributed by atoms with Crippen LogP contribution in [0.4, 0.5) is 13.2 Å². The third-order valence-electron chi connectivity index (χ3n) is 3.55. The van der Waals surface area contributed by atoms with Gasteiger partial charge < -0.3 is 5.32 Å². The molecule has 1 saturated heterocycles. The Morgan fingerprint density at radius 3 is 2.61 bits per heavy atom. The summed E-state index contributed by atoms with van der Waals surface area (Å²) in [5.74, 6) is -0.909. The fourth-order valence-corrected chi connectivity index (χ4v) is 5.77. The number of carbonyl (C=O) groups is 1. The zero-order valence-electron chi connectivity index (χ0n) is 12.6. The van der Waals surface area contributed by atoms with Gasteiger partial charge in [-0.1, -0.05) is 0 Å². The number of carbonyl (C=O) groups excluding carboxylic acids is 1. The number of halogens is 3. The van der Waals surface area contributed by atoms with Crippen LogP contribution in [0.15, 0.2) is 11.0 Å². The summed E-state index contributed by atoms with van der Waals surface area (Å²) in [7, 11) is -3.89. The minimum absolute atomic E-state index is 0.121. The van der Waals surface area contributed by atoms with Crippen LogP contribution in [0.25, 0.3) is 0 Å². The second-order valence-corrected chi connectivity index (χ2v) is 8.70. The lowest BCUT2D eigenvalue weighted by Gasteiger charge is -2.23. The van der Waals surface area contributed by atoms with Crippen molar-refractivity contribution in [3.63, 3.8) is 0 Å². The van der Waals surface area contributed by atoms with E-state index < -0.39 is 34.7 Å². The topological polar surface area (TPSA) is 66.5 Å². The van der Waals surface area contributed by atoms with Crippen LogP contribution in [-0.4, -0.2) is 43.9 Å². The molecule has 1 aliphatic rings. The lowest BCUT2D eigenvalue weighted by molar-refractivity contribution is -0.140. The highest BCUT2D eigenvalue weighted by molar-refractivity contribution is 7.89. The summed E-state index contributed by atoms with van der Waals surface area (Å²) in [6.07, 6.45) is -3.88. The van der Waals surface area contributed by atoms with E-state index in [9.17, 15) is 26.4 Å². The van der Waals surface area contributed by atoms with Crippen molar-refractivity contribution >= 4 is 27.3 Å². The predicted octanol–water partition coefficient (Wildman–Crippen LogP) is 2.20. The molecule has 1 aromatic heterocycles. The Bertz CT molecular complexity index is 698. The molecule has 2 rings (SSSR count). The van der Waals surface area contributed by atoms with Crippen LogP contribution in [0.5, 0.6) is 0 Å². The normalized spacial score (nSPS) is 20.0. The number of amides is 1. The SMILES string of the molecule is Cc1cc(S(=O)(=O)N2CCCC2C(=O)NCC(F)(F)F)c(C)s1. The summed E-state index contributed by atoms with van der Waals surface area (Å²) in [6.45, 7) is 2.10. The molecular weight excluding hydrogens is 353 g/mol. The van der Waals surface area contributed by atoms with Crippen molar-refractivity contribution < 1.29 is 26.4 Å². The Morgan fingerprint density at radius 1 is 1.43 bits per heavy atom. The van der Waals surface area contributed by atoms with E-state index in [0.29, 0.717) is 11.3 Å². The number of nitrogens with zero attached hydrogens (tertiary/aromatic N) is 1. The summed E-state index contributed by atoms with van der Waals surface area (Å²) >= 11 is 1.32. The van der Waals surface area contributed by atoms with Gasteiger partial charge in [0.15, 0.2) is 0 Å². The Kier molecular flexibility index (Phi) is 5.07. The lowest BCUT2D eigenvalue weighted by atomic mass is 10.2.